The summed E-state index contributed by atoms with van der Waals surface area (Å²) in [7, 11) is 0. The summed E-state index contributed by atoms with van der Waals surface area (Å²) < 4.78 is 9.28. The highest BCUT2D eigenvalue weighted by Gasteiger charge is 2.17. The van der Waals surface area contributed by atoms with Crippen LogP contribution in [0.25, 0.3) is 0 Å². The van der Waals surface area contributed by atoms with Crippen molar-refractivity contribution in [3.05, 3.63) is 93.5 Å². The molecule has 0 atom stereocenters. The van der Waals surface area contributed by atoms with E-state index in [2.05, 4.69) is 21.6 Å². The third kappa shape index (κ3) is 5.43. The number of aryl methyl sites for hydroxylation is 3. The second-order valence-corrected chi connectivity index (χ2v) is 8.56. The minimum atomic E-state index is -0.294. The van der Waals surface area contributed by atoms with Crippen LogP contribution in [0.2, 0.25) is 5.02 Å². The average Bonchev–Trinajstić information content (AvgIpc) is 3.34. The van der Waals surface area contributed by atoms with Crippen LogP contribution in [-0.2, 0) is 13.3 Å². The zero-order valence-corrected chi connectivity index (χ0v) is 19.8. The number of ether oxygens (including phenoxy) is 1. The van der Waals surface area contributed by atoms with Gasteiger partial charge in [-0.15, -0.1) is 0 Å². The van der Waals surface area contributed by atoms with Crippen molar-refractivity contribution in [2.24, 2.45) is 0 Å². The fraction of sp³-hybridized carbons (Fsp3) is 0.240. The van der Waals surface area contributed by atoms with Crippen LogP contribution in [0, 0.1) is 27.7 Å². The van der Waals surface area contributed by atoms with Crippen molar-refractivity contribution in [3.8, 4) is 5.75 Å². The van der Waals surface area contributed by atoms with Crippen LogP contribution < -0.4 is 10.1 Å². The summed E-state index contributed by atoms with van der Waals surface area (Å²) in [6, 6.07) is 15.3. The minimum absolute atomic E-state index is 0.216. The van der Waals surface area contributed by atoms with Gasteiger partial charge in [-0.2, -0.15) is 10.2 Å². The Labute approximate surface area is 197 Å². The van der Waals surface area contributed by atoms with Crippen molar-refractivity contribution in [3.63, 3.8) is 0 Å². The summed E-state index contributed by atoms with van der Waals surface area (Å²) in [5.74, 6) is 0.478. The lowest BCUT2D eigenvalue weighted by Gasteiger charge is -2.08. The summed E-state index contributed by atoms with van der Waals surface area (Å²) in [5.41, 5.74) is 5.95. The van der Waals surface area contributed by atoms with Crippen molar-refractivity contribution in [2.75, 3.05) is 5.32 Å². The second-order valence-electron chi connectivity index (χ2n) is 8.12. The smallest absolute Gasteiger partial charge is 0.276 e. The van der Waals surface area contributed by atoms with Gasteiger partial charge in [-0.05, 0) is 74.7 Å². The van der Waals surface area contributed by atoms with Gasteiger partial charge in [-0.25, -0.2) is 4.68 Å². The summed E-state index contributed by atoms with van der Waals surface area (Å²) >= 11 is 5.97. The van der Waals surface area contributed by atoms with Gasteiger partial charge >= 0.3 is 0 Å². The first-order valence-corrected chi connectivity index (χ1v) is 11.0. The first-order valence-electron chi connectivity index (χ1n) is 10.6. The predicted molar refractivity (Wildman–Crippen MR) is 129 cm³/mol. The van der Waals surface area contributed by atoms with Crippen LogP contribution in [0.3, 0.4) is 0 Å². The lowest BCUT2D eigenvalue weighted by atomic mass is 10.1. The van der Waals surface area contributed by atoms with E-state index in [0.717, 1.165) is 33.8 Å². The van der Waals surface area contributed by atoms with E-state index in [1.807, 2.05) is 68.8 Å². The molecule has 8 heteroatoms. The van der Waals surface area contributed by atoms with E-state index in [9.17, 15) is 4.79 Å². The summed E-state index contributed by atoms with van der Waals surface area (Å²) in [6.07, 6.45) is 1.72. The van der Waals surface area contributed by atoms with Gasteiger partial charge in [0.15, 0.2) is 12.4 Å². The Morgan fingerprint density at radius 2 is 1.70 bits per heavy atom. The zero-order valence-electron chi connectivity index (χ0n) is 19.1. The lowest BCUT2D eigenvalue weighted by molar-refractivity contribution is 0.102. The van der Waals surface area contributed by atoms with Crippen molar-refractivity contribution in [2.45, 2.75) is 41.0 Å². The fourth-order valence-corrected chi connectivity index (χ4v) is 3.81. The number of halogens is 1. The molecule has 2 heterocycles. The number of aromatic nitrogens is 4. The molecule has 0 aliphatic heterocycles. The highest BCUT2D eigenvalue weighted by atomic mass is 35.5. The number of carbonyl (C=O) groups is 1. The van der Waals surface area contributed by atoms with Crippen molar-refractivity contribution < 1.29 is 9.53 Å². The van der Waals surface area contributed by atoms with E-state index in [-0.39, 0.29) is 12.6 Å². The van der Waals surface area contributed by atoms with Gasteiger partial charge in [0.2, 0.25) is 0 Å². The Morgan fingerprint density at radius 1 is 1.00 bits per heavy atom. The summed E-state index contributed by atoms with van der Waals surface area (Å²) in [4.78, 5) is 12.8. The first kappa shape index (κ1) is 22.6. The molecule has 0 fully saturated rings. The quantitative estimate of drug-likeness (QED) is 0.403. The molecule has 0 radical (unpaired) electrons. The largest absolute Gasteiger partial charge is 0.471 e. The number of hydrogen-bond donors (Lipinski definition) is 1. The molecule has 4 rings (SSSR count). The number of benzene rings is 2. The van der Waals surface area contributed by atoms with Crippen molar-refractivity contribution in [1.82, 2.24) is 19.6 Å². The molecule has 0 spiro atoms. The molecule has 1 N–H and O–H groups in total. The van der Waals surface area contributed by atoms with Gasteiger partial charge in [-0.1, -0.05) is 29.8 Å². The van der Waals surface area contributed by atoms with Crippen LogP contribution in [0.5, 0.6) is 5.75 Å². The molecule has 170 valence electrons. The maximum absolute atomic E-state index is 12.8. The molecule has 0 aliphatic rings. The van der Waals surface area contributed by atoms with E-state index in [1.54, 1.807) is 16.9 Å². The van der Waals surface area contributed by atoms with E-state index >= 15 is 0 Å². The maximum atomic E-state index is 12.8. The molecule has 2 aromatic heterocycles. The van der Waals surface area contributed by atoms with Gasteiger partial charge in [-0.3, -0.25) is 9.48 Å². The second kappa shape index (κ2) is 9.50. The first-order chi connectivity index (χ1) is 15.8. The normalized spacial score (nSPS) is 10.9. The van der Waals surface area contributed by atoms with Gasteiger partial charge in [0.05, 0.1) is 23.6 Å². The van der Waals surface area contributed by atoms with Gasteiger partial charge in [0.25, 0.3) is 5.91 Å². The van der Waals surface area contributed by atoms with Gasteiger partial charge in [0.1, 0.15) is 5.75 Å². The standard InChI is InChI=1S/C25H26ClN5O2/c1-16-11-17(2)13-22(12-16)33-15-30-10-9-23(29-30)25(32)27-24-18(3)28-31(19(24)4)14-20-5-7-21(26)8-6-20/h5-13H,14-15H2,1-4H3,(H,27,32). The van der Waals surface area contributed by atoms with Gasteiger partial charge in [0, 0.05) is 11.2 Å². The highest BCUT2D eigenvalue weighted by molar-refractivity contribution is 6.30. The van der Waals surface area contributed by atoms with E-state index in [4.69, 9.17) is 16.3 Å². The van der Waals surface area contributed by atoms with Crippen LogP contribution in [0.1, 0.15) is 38.6 Å². The fourth-order valence-electron chi connectivity index (χ4n) is 3.68. The molecule has 2 aromatic carbocycles. The molecular weight excluding hydrogens is 438 g/mol. The number of rotatable bonds is 7. The molecule has 0 unspecified atom stereocenters. The number of nitrogens with one attached hydrogen (secondary N) is 1. The Morgan fingerprint density at radius 3 is 2.39 bits per heavy atom. The zero-order chi connectivity index (χ0) is 23.5. The van der Waals surface area contributed by atoms with E-state index in [1.165, 1.54) is 0 Å². The SMILES string of the molecule is Cc1cc(C)cc(OCn2ccc(C(=O)Nc3c(C)nn(Cc4ccc(Cl)cc4)c3C)n2)c1. The average molecular weight is 464 g/mol. The van der Waals surface area contributed by atoms with Crippen molar-refractivity contribution in [1.29, 1.82) is 0 Å². The Balaban J connectivity index is 1.41. The highest BCUT2D eigenvalue weighted by Crippen LogP contribution is 2.22. The third-order valence-electron chi connectivity index (χ3n) is 5.30. The molecule has 0 saturated carbocycles. The minimum Gasteiger partial charge on any atom is -0.471 e. The number of carbonyl (C=O) groups excluding carboxylic acids is 1. The molecule has 33 heavy (non-hydrogen) atoms. The lowest BCUT2D eigenvalue weighted by Crippen LogP contribution is -2.15. The number of amides is 1. The number of hydrogen-bond acceptors (Lipinski definition) is 4. The molecule has 0 saturated heterocycles. The van der Waals surface area contributed by atoms with Crippen LogP contribution in [0.15, 0.2) is 54.7 Å². The number of anilines is 1. The predicted octanol–water partition coefficient (Wildman–Crippen LogP) is 5.30. The summed E-state index contributed by atoms with van der Waals surface area (Å²) in [6.45, 7) is 8.66. The molecule has 0 aliphatic carbocycles. The van der Waals surface area contributed by atoms with Crippen molar-refractivity contribution >= 4 is 23.2 Å². The van der Waals surface area contributed by atoms with E-state index < -0.39 is 0 Å². The maximum Gasteiger partial charge on any atom is 0.276 e. The summed E-state index contributed by atoms with van der Waals surface area (Å²) in [5, 5.41) is 12.6. The monoisotopic (exact) mass is 463 g/mol. The molecule has 0 bridgehead atoms. The number of nitrogens with zero attached hydrogens (tertiary/aromatic N) is 4. The van der Waals surface area contributed by atoms with E-state index in [0.29, 0.717) is 22.9 Å². The molecule has 1 amide bonds. The third-order valence-corrected chi connectivity index (χ3v) is 5.55. The molecular formula is C25H26ClN5O2. The Bertz CT molecular complexity index is 1270. The topological polar surface area (TPSA) is 74.0 Å². The van der Waals surface area contributed by atoms with Crippen LogP contribution in [0.4, 0.5) is 5.69 Å². The van der Waals surface area contributed by atoms with Crippen LogP contribution >= 0.6 is 11.6 Å². The van der Waals surface area contributed by atoms with Crippen LogP contribution in [-0.4, -0.2) is 25.5 Å². The van der Waals surface area contributed by atoms with Gasteiger partial charge < -0.3 is 10.1 Å². The molecule has 4 aromatic rings. The molecule has 7 nitrogen and oxygen atoms in total. The Kier molecular flexibility index (Phi) is 6.51. The Hall–Kier alpha value is -3.58.